The quantitative estimate of drug-likeness (QED) is 0.691. The molecular formula is C13H23NO. The second-order valence-electron chi connectivity index (χ2n) is 4.07. The van der Waals surface area contributed by atoms with E-state index in [4.69, 9.17) is 4.42 Å². The van der Waals surface area contributed by atoms with E-state index in [1.165, 1.54) is 31.2 Å². The van der Waals surface area contributed by atoms with Crippen molar-refractivity contribution in [3.05, 3.63) is 23.7 Å². The van der Waals surface area contributed by atoms with Crippen LogP contribution in [0.4, 0.5) is 0 Å². The Hall–Kier alpha value is -0.760. The van der Waals surface area contributed by atoms with Gasteiger partial charge in [-0.2, -0.15) is 0 Å². The van der Waals surface area contributed by atoms with E-state index >= 15 is 0 Å². The van der Waals surface area contributed by atoms with Crippen molar-refractivity contribution >= 4 is 0 Å². The maximum Gasteiger partial charge on any atom is 0.123 e. The van der Waals surface area contributed by atoms with Crippen molar-refractivity contribution in [1.29, 1.82) is 0 Å². The number of nitrogens with one attached hydrogen (secondary N) is 1. The minimum Gasteiger partial charge on any atom is -0.467 e. The highest BCUT2D eigenvalue weighted by Crippen LogP contribution is 2.23. The van der Waals surface area contributed by atoms with Gasteiger partial charge in [0.25, 0.3) is 0 Å². The van der Waals surface area contributed by atoms with E-state index in [0.29, 0.717) is 6.04 Å². The maximum atomic E-state index is 5.55. The molecule has 1 unspecified atom stereocenters. The van der Waals surface area contributed by atoms with Crippen LogP contribution in [-0.2, 0) is 0 Å². The fourth-order valence-electron chi connectivity index (χ4n) is 1.91. The molecule has 0 spiro atoms. The van der Waals surface area contributed by atoms with Crippen molar-refractivity contribution < 1.29 is 4.42 Å². The zero-order chi connectivity index (χ0) is 11.1. The van der Waals surface area contributed by atoms with Gasteiger partial charge in [-0.15, -0.1) is 0 Å². The Balaban J connectivity index is 2.53. The van der Waals surface area contributed by atoms with E-state index in [2.05, 4.69) is 26.1 Å². The lowest BCUT2D eigenvalue weighted by Gasteiger charge is -2.16. The molecule has 1 heterocycles. The van der Waals surface area contributed by atoms with E-state index in [1.807, 2.05) is 6.07 Å². The summed E-state index contributed by atoms with van der Waals surface area (Å²) in [5.41, 5.74) is 1.26. The van der Waals surface area contributed by atoms with Crippen LogP contribution in [0.15, 0.2) is 16.7 Å². The Morgan fingerprint density at radius 3 is 2.67 bits per heavy atom. The first-order valence-electron chi connectivity index (χ1n) is 6.07. The standard InChI is InChI=1S/C13H23NO/c1-4-6-7-8-12(14-5-2)13-11(3)9-10-15-13/h9-10,12,14H,4-8H2,1-3H3. The smallest absolute Gasteiger partial charge is 0.123 e. The number of hydrogen-bond donors (Lipinski definition) is 1. The Kier molecular flexibility index (Phi) is 5.48. The van der Waals surface area contributed by atoms with Crippen molar-refractivity contribution in [3.63, 3.8) is 0 Å². The summed E-state index contributed by atoms with van der Waals surface area (Å²) in [5.74, 6) is 1.12. The predicted octanol–water partition coefficient (Wildman–Crippen LogP) is 3.82. The molecule has 15 heavy (non-hydrogen) atoms. The van der Waals surface area contributed by atoms with Crippen LogP contribution in [0.3, 0.4) is 0 Å². The third-order valence-corrected chi connectivity index (χ3v) is 2.77. The van der Waals surface area contributed by atoms with Gasteiger partial charge in [0, 0.05) is 0 Å². The highest BCUT2D eigenvalue weighted by atomic mass is 16.3. The molecule has 1 aromatic heterocycles. The van der Waals surface area contributed by atoms with E-state index in [0.717, 1.165) is 12.3 Å². The van der Waals surface area contributed by atoms with Gasteiger partial charge < -0.3 is 9.73 Å². The molecule has 0 bridgehead atoms. The molecule has 0 fully saturated rings. The van der Waals surface area contributed by atoms with Gasteiger partial charge in [0.15, 0.2) is 0 Å². The third-order valence-electron chi connectivity index (χ3n) is 2.77. The third kappa shape index (κ3) is 3.71. The van der Waals surface area contributed by atoms with Gasteiger partial charge in [0.05, 0.1) is 12.3 Å². The molecule has 0 aromatic carbocycles. The summed E-state index contributed by atoms with van der Waals surface area (Å²) in [7, 11) is 0. The summed E-state index contributed by atoms with van der Waals surface area (Å²) in [6, 6.07) is 2.44. The van der Waals surface area contributed by atoms with Gasteiger partial charge in [-0.3, -0.25) is 0 Å². The maximum absolute atomic E-state index is 5.55. The molecule has 0 aliphatic heterocycles. The van der Waals surface area contributed by atoms with Gasteiger partial charge in [-0.05, 0) is 31.5 Å². The topological polar surface area (TPSA) is 25.2 Å². The molecule has 1 rings (SSSR count). The lowest BCUT2D eigenvalue weighted by Crippen LogP contribution is -2.21. The summed E-state index contributed by atoms with van der Waals surface area (Å²) < 4.78 is 5.55. The van der Waals surface area contributed by atoms with Gasteiger partial charge in [-0.1, -0.05) is 33.1 Å². The highest BCUT2D eigenvalue weighted by molar-refractivity contribution is 5.18. The van der Waals surface area contributed by atoms with Crippen LogP contribution in [0.1, 0.15) is 56.9 Å². The fraction of sp³-hybridized carbons (Fsp3) is 0.692. The van der Waals surface area contributed by atoms with E-state index in [9.17, 15) is 0 Å². The monoisotopic (exact) mass is 209 g/mol. The molecule has 0 saturated heterocycles. The predicted molar refractivity (Wildman–Crippen MR) is 64.0 cm³/mol. The zero-order valence-electron chi connectivity index (χ0n) is 10.2. The number of furan rings is 1. The fourth-order valence-corrected chi connectivity index (χ4v) is 1.91. The second-order valence-corrected chi connectivity index (χ2v) is 4.07. The normalized spacial score (nSPS) is 13.0. The second kappa shape index (κ2) is 6.67. The first kappa shape index (κ1) is 12.3. The molecule has 2 heteroatoms. The number of rotatable bonds is 7. The van der Waals surface area contributed by atoms with E-state index in [-0.39, 0.29) is 0 Å². The highest BCUT2D eigenvalue weighted by Gasteiger charge is 2.15. The van der Waals surface area contributed by atoms with Crippen molar-refractivity contribution in [2.45, 2.75) is 52.5 Å². The SMILES string of the molecule is CCCCCC(NCC)c1occc1C. The Morgan fingerprint density at radius 1 is 1.33 bits per heavy atom. The molecule has 0 amide bonds. The largest absolute Gasteiger partial charge is 0.467 e. The number of hydrogen-bond acceptors (Lipinski definition) is 2. The van der Waals surface area contributed by atoms with Crippen LogP contribution in [0.5, 0.6) is 0 Å². The summed E-state index contributed by atoms with van der Waals surface area (Å²) in [4.78, 5) is 0. The molecule has 1 atom stereocenters. The van der Waals surface area contributed by atoms with Crippen LogP contribution >= 0.6 is 0 Å². The van der Waals surface area contributed by atoms with Crippen LogP contribution in [0.25, 0.3) is 0 Å². The molecule has 1 aromatic rings. The average Bonchev–Trinajstić information content (AvgIpc) is 2.64. The first-order chi connectivity index (χ1) is 7.29. The molecule has 2 nitrogen and oxygen atoms in total. The molecule has 0 saturated carbocycles. The molecule has 86 valence electrons. The zero-order valence-corrected chi connectivity index (χ0v) is 10.2. The van der Waals surface area contributed by atoms with Crippen molar-refractivity contribution in [3.8, 4) is 0 Å². The van der Waals surface area contributed by atoms with Crippen LogP contribution in [-0.4, -0.2) is 6.54 Å². The Morgan fingerprint density at radius 2 is 2.13 bits per heavy atom. The van der Waals surface area contributed by atoms with E-state index < -0.39 is 0 Å². The van der Waals surface area contributed by atoms with Crippen LogP contribution < -0.4 is 5.32 Å². The van der Waals surface area contributed by atoms with Gasteiger partial charge in [-0.25, -0.2) is 0 Å². The summed E-state index contributed by atoms with van der Waals surface area (Å²) in [6.45, 7) is 7.49. The summed E-state index contributed by atoms with van der Waals surface area (Å²) >= 11 is 0. The number of aryl methyl sites for hydroxylation is 1. The Labute approximate surface area is 93.1 Å². The minimum atomic E-state index is 0.400. The molecule has 1 N–H and O–H groups in total. The van der Waals surface area contributed by atoms with Crippen LogP contribution in [0.2, 0.25) is 0 Å². The van der Waals surface area contributed by atoms with E-state index in [1.54, 1.807) is 6.26 Å². The van der Waals surface area contributed by atoms with Crippen molar-refractivity contribution in [1.82, 2.24) is 5.32 Å². The first-order valence-corrected chi connectivity index (χ1v) is 6.07. The molecule has 0 aliphatic carbocycles. The van der Waals surface area contributed by atoms with Crippen molar-refractivity contribution in [2.24, 2.45) is 0 Å². The van der Waals surface area contributed by atoms with Crippen LogP contribution in [0, 0.1) is 6.92 Å². The summed E-state index contributed by atoms with van der Waals surface area (Å²) in [6.07, 6.45) is 6.82. The van der Waals surface area contributed by atoms with Gasteiger partial charge in [0.1, 0.15) is 5.76 Å². The average molecular weight is 209 g/mol. The summed E-state index contributed by atoms with van der Waals surface area (Å²) in [5, 5.41) is 3.49. The van der Waals surface area contributed by atoms with Gasteiger partial charge in [0.2, 0.25) is 0 Å². The number of unbranched alkanes of at least 4 members (excludes halogenated alkanes) is 2. The molecule has 0 aliphatic rings. The molecular weight excluding hydrogens is 186 g/mol. The van der Waals surface area contributed by atoms with Crippen molar-refractivity contribution in [2.75, 3.05) is 6.54 Å². The Bertz CT molecular complexity index is 267. The minimum absolute atomic E-state index is 0.400. The molecule has 0 radical (unpaired) electrons. The lowest BCUT2D eigenvalue weighted by atomic mass is 10.0. The van der Waals surface area contributed by atoms with Gasteiger partial charge >= 0.3 is 0 Å². The lowest BCUT2D eigenvalue weighted by molar-refractivity contribution is 0.389.